The van der Waals surface area contributed by atoms with E-state index in [4.69, 9.17) is 9.88 Å². The number of hydrogen-bond donors (Lipinski definition) is 1. The molecule has 0 saturated carbocycles. The van der Waals surface area contributed by atoms with Crippen molar-refractivity contribution in [1.29, 1.82) is 0 Å². The van der Waals surface area contributed by atoms with E-state index in [1.807, 2.05) is 0 Å². The van der Waals surface area contributed by atoms with Gasteiger partial charge in [-0.1, -0.05) is 18.9 Å². The van der Waals surface area contributed by atoms with Crippen LogP contribution >= 0.6 is 0 Å². The Bertz CT molecular complexity index is 752. The van der Waals surface area contributed by atoms with Crippen LogP contribution in [0.15, 0.2) is 23.1 Å². The first-order valence-corrected chi connectivity index (χ1v) is 9.88. The van der Waals surface area contributed by atoms with Crippen molar-refractivity contribution < 1.29 is 22.7 Å². The third kappa shape index (κ3) is 5.02. The molecule has 1 aromatic rings. The van der Waals surface area contributed by atoms with Crippen LogP contribution in [0.2, 0.25) is 0 Å². The fraction of sp³-hybridized carbons (Fsp3) is 0.529. The number of likely N-dealkylation sites (tertiary alicyclic amines) is 1. The summed E-state index contributed by atoms with van der Waals surface area (Å²) in [7, 11) is -3.92. The van der Waals surface area contributed by atoms with E-state index in [-0.39, 0.29) is 16.4 Å². The lowest BCUT2D eigenvalue weighted by Gasteiger charge is -2.24. The minimum absolute atomic E-state index is 0.0852. The number of benzene rings is 1. The fourth-order valence-electron chi connectivity index (χ4n) is 2.82. The molecule has 1 aromatic carbocycles. The molecule has 0 bridgehead atoms. The lowest BCUT2D eigenvalue weighted by Crippen LogP contribution is -2.40. The zero-order valence-electron chi connectivity index (χ0n) is 14.5. The number of rotatable bonds is 4. The van der Waals surface area contributed by atoms with Gasteiger partial charge in [-0.05, 0) is 44.4 Å². The van der Waals surface area contributed by atoms with Gasteiger partial charge < -0.3 is 9.64 Å². The lowest BCUT2D eigenvalue weighted by atomic mass is 10.1. The fourth-order valence-corrected chi connectivity index (χ4v) is 3.36. The van der Waals surface area contributed by atoms with Crippen molar-refractivity contribution in [2.45, 2.75) is 50.5 Å². The molecule has 0 aromatic heterocycles. The van der Waals surface area contributed by atoms with Crippen LogP contribution in [-0.2, 0) is 19.6 Å². The van der Waals surface area contributed by atoms with E-state index in [9.17, 15) is 18.0 Å². The number of esters is 1. The second-order valence-electron chi connectivity index (χ2n) is 6.31. The Morgan fingerprint density at radius 3 is 2.32 bits per heavy atom. The zero-order valence-corrected chi connectivity index (χ0v) is 15.3. The van der Waals surface area contributed by atoms with E-state index in [2.05, 4.69) is 0 Å². The van der Waals surface area contributed by atoms with Crippen molar-refractivity contribution in [3.05, 3.63) is 29.3 Å². The Morgan fingerprint density at radius 1 is 1.16 bits per heavy atom. The van der Waals surface area contributed by atoms with Crippen LogP contribution in [0.1, 0.15) is 48.5 Å². The number of hydrogen-bond acceptors (Lipinski definition) is 5. The predicted molar refractivity (Wildman–Crippen MR) is 92.5 cm³/mol. The second kappa shape index (κ2) is 7.97. The second-order valence-corrected chi connectivity index (χ2v) is 7.87. The van der Waals surface area contributed by atoms with Crippen LogP contribution in [-0.4, -0.2) is 44.4 Å². The molecule has 7 nitrogen and oxygen atoms in total. The van der Waals surface area contributed by atoms with E-state index in [0.29, 0.717) is 18.7 Å². The summed E-state index contributed by atoms with van der Waals surface area (Å²) in [4.78, 5) is 26.4. The number of carbonyl (C=O) groups is 2. The van der Waals surface area contributed by atoms with Gasteiger partial charge in [-0.25, -0.2) is 18.4 Å². The molecule has 0 radical (unpaired) electrons. The number of sulfonamides is 1. The topological polar surface area (TPSA) is 107 Å². The van der Waals surface area contributed by atoms with Gasteiger partial charge in [0.2, 0.25) is 10.0 Å². The van der Waals surface area contributed by atoms with Gasteiger partial charge in [-0.3, -0.25) is 4.79 Å². The number of ether oxygens (including phenoxy) is 1. The van der Waals surface area contributed by atoms with E-state index in [1.54, 1.807) is 11.8 Å². The highest BCUT2D eigenvalue weighted by atomic mass is 32.2. The largest absolute Gasteiger partial charge is 0.449 e. The van der Waals surface area contributed by atoms with Crippen molar-refractivity contribution in [3.63, 3.8) is 0 Å². The summed E-state index contributed by atoms with van der Waals surface area (Å²) in [6.45, 7) is 4.52. The van der Waals surface area contributed by atoms with Crippen molar-refractivity contribution >= 4 is 21.9 Å². The molecule has 138 valence electrons. The van der Waals surface area contributed by atoms with Crippen LogP contribution < -0.4 is 5.14 Å². The summed E-state index contributed by atoms with van der Waals surface area (Å²) in [5.41, 5.74) is 0.633. The molecule has 8 heteroatoms. The SMILES string of the molecule is Cc1ccc(S(N)(=O)=O)cc1C(=O)O[C@H](C)C(=O)N1CCCCCC1. The molecule has 1 saturated heterocycles. The normalized spacial score (nSPS) is 16.8. The molecule has 25 heavy (non-hydrogen) atoms. The number of primary sulfonamides is 1. The maximum atomic E-state index is 12.5. The number of aryl methyl sites for hydroxylation is 1. The van der Waals surface area contributed by atoms with Crippen LogP contribution in [0, 0.1) is 6.92 Å². The minimum Gasteiger partial charge on any atom is -0.449 e. The lowest BCUT2D eigenvalue weighted by molar-refractivity contribution is -0.139. The molecule has 0 aliphatic carbocycles. The summed E-state index contributed by atoms with van der Waals surface area (Å²) in [5, 5.41) is 5.10. The molecule has 1 atom stereocenters. The van der Waals surface area contributed by atoms with Crippen LogP contribution in [0.25, 0.3) is 0 Å². The first-order valence-electron chi connectivity index (χ1n) is 8.33. The number of amides is 1. The first-order chi connectivity index (χ1) is 11.7. The first kappa shape index (κ1) is 19.4. The number of nitrogens with zero attached hydrogens (tertiary/aromatic N) is 1. The summed E-state index contributed by atoms with van der Waals surface area (Å²) in [5.74, 6) is -0.964. The molecule has 2 N–H and O–H groups in total. The van der Waals surface area contributed by atoms with Gasteiger partial charge in [-0.2, -0.15) is 0 Å². The van der Waals surface area contributed by atoms with Crippen molar-refractivity contribution in [1.82, 2.24) is 4.90 Å². The molecular weight excluding hydrogens is 344 g/mol. The number of nitrogens with two attached hydrogens (primary N) is 1. The standard InChI is InChI=1S/C17H24N2O5S/c1-12-7-8-14(25(18,22)23)11-15(12)17(21)24-13(2)16(20)19-9-5-3-4-6-10-19/h7-8,11,13H,3-6,9-10H2,1-2H3,(H2,18,22,23)/t13-/m1/s1. The Kier molecular flexibility index (Phi) is 6.18. The van der Waals surface area contributed by atoms with Crippen molar-refractivity contribution in [2.75, 3.05) is 13.1 Å². The number of carbonyl (C=O) groups excluding carboxylic acids is 2. The van der Waals surface area contributed by atoms with Crippen LogP contribution in [0.4, 0.5) is 0 Å². The van der Waals surface area contributed by atoms with Gasteiger partial charge >= 0.3 is 5.97 Å². The molecule has 0 spiro atoms. The molecule has 1 fully saturated rings. The Labute approximate surface area is 148 Å². The quantitative estimate of drug-likeness (QED) is 0.812. The average Bonchev–Trinajstić information content (AvgIpc) is 2.82. The Balaban J connectivity index is 2.11. The van der Waals surface area contributed by atoms with Gasteiger partial charge in [0.25, 0.3) is 5.91 Å². The third-order valence-corrected chi connectivity index (χ3v) is 5.22. The smallest absolute Gasteiger partial charge is 0.339 e. The maximum Gasteiger partial charge on any atom is 0.339 e. The third-order valence-electron chi connectivity index (χ3n) is 4.31. The monoisotopic (exact) mass is 368 g/mol. The highest BCUT2D eigenvalue weighted by Gasteiger charge is 2.26. The summed E-state index contributed by atoms with van der Waals surface area (Å²) in [6, 6.07) is 3.99. The minimum atomic E-state index is -3.92. The molecular formula is C17H24N2O5S. The molecule has 1 aliphatic rings. The Hall–Kier alpha value is -1.93. The van der Waals surface area contributed by atoms with Gasteiger partial charge in [0.1, 0.15) is 0 Å². The van der Waals surface area contributed by atoms with E-state index < -0.39 is 22.1 Å². The van der Waals surface area contributed by atoms with E-state index in [0.717, 1.165) is 25.7 Å². The van der Waals surface area contributed by atoms with Crippen LogP contribution in [0.5, 0.6) is 0 Å². The van der Waals surface area contributed by atoms with Crippen molar-refractivity contribution in [2.24, 2.45) is 5.14 Å². The molecule has 0 unspecified atom stereocenters. The van der Waals surface area contributed by atoms with Crippen molar-refractivity contribution in [3.8, 4) is 0 Å². The average molecular weight is 368 g/mol. The molecule has 2 rings (SSSR count). The molecule has 1 amide bonds. The highest BCUT2D eigenvalue weighted by molar-refractivity contribution is 7.89. The van der Waals surface area contributed by atoms with Gasteiger partial charge in [0.15, 0.2) is 6.10 Å². The van der Waals surface area contributed by atoms with Gasteiger partial charge in [0, 0.05) is 13.1 Å². The van der Waals surface area contributed by atoms with E-state index in [1.165, 1.54) is 25.1 Å². The summed E-state index contributed by atoms with van der Waals surface area (Å²) >= 11 is 0. The van der Waals surface area contributed by atoms with E-state index >= 15 is 0 Å². The van der Waals surface area contributed by atoms with Gasteiger partial charge in [0.05, 0.1) is 10.5 Å². The summed E-state index contributed by atoms with van der Waals surface area (Å²) < 4.78 is 28.2. The zero-order chi connectivity index (χ0) is 18.6. The summed E-state index contributed by atoms with van der Waals surface area (Å²) in [6.07, 6.45) is 3.15. The van der Waals surface area contributed by atoms with Crippen LogP contribution in [0.3, 0.4) is 0 Å². The molecule has 1 heterocycles. The maximum absolute atomic E-state index is 12.5. The molecule has 1 aliphatic heterocycles. The highest BCUT2D eigenvalue weighted by Crippen LogP contribution is 2.17. The Morgan fingerprint density at radius 2 is 1.76 bits per heavy atom. The van der Waals surface area contributed by atoms with Gasteiger partial charge in [-0.15, -0.1) is 0 Å². The predicted octanol–water partition coefficient (Wildman–Crippen LogP) is 1.59.